The molecule has 0 heterocycles. The van der Waals surface area contributed by atoms with Crippen molar-refractivity contribution >= 4 is 16.7 Å². The molecular weight excluding hydrogens is 406 g/mol. The van der Waals surface area contributed by atoms with Crippen LogP contribution in [-0.2, 0) is 6.42 Å². The highest BCUT2D eigenvalue weighted by atomic mass is 16.4. The summed E-state index contributed by atoms with van der Waals surface area (Å²) in [6.07, 6.45) is 1.98. The number of carboxylic acids is 1. The van der Waals surface area contributed by atoms with Gasteiger partial charge in [0.05, 0.1) is 5.56 Å². The maximum absolute atomic E-state index is 11.5. The molecule has 3 atom stereocenters. The smallest absolute Gasteiger partial charge is 0.335 e. The molecule has 33 heavy (non-hydrogen) atoms. The van der Waals surface area contributed by atoms with Gasteiger partial charge in [-0.25, -0.2) is 4.79 Å². The SMILES string of the molecule is Cc1cc(C2CC(NC(C)c3cccc4ccccc34)Cc3ccccc32)ccc1C(=O)O. The molecule has 3 unspecified atom stereocenters. The number of aromatic carboxylic acids is 1. The molecule has 3 nitrogen and oxygen atoms in total. The Hall–Kier alpha value is -3.43. The zero-order valence-electron chi connectivity index (χ0n) is 19.1. The molecule has 0 fully saturated rings. The van der Waals surface area contributed by atoms with E-state index < -0.39 is 5.97 Å². The Morgan fingerprint density at radius 2 is 1.73 bits per heavy atom. The standard InChI is InChI=1S/C30H29NO2/c1-19-16-23(14-15-25(19)30(32)33)29-18-24(17-22-9-4-6-12-28(22)29)31-20(2)26-13-7-10-21-8-3-5-11-27(21)26/h3-16,20,24,29,31H,17-18H2,1-2H3,(H,32,33). The van der Waals surface area contributed by atoms with Crippen molar-refractivity contribution < 1.29 is 9.90 Å². The van der Waals surface area contributed by atoms with E-state index in [9.17, 15) is 9.90 Å². The molecule has 0 amide bonds. The van der Waals surface area contributed by atoms with Gasteiger partial charge in [0.2, 0.25) is 0 Å². The first-order valence-corrected chi connectivity index (χ1v) is 11.7. The van der Waals surface area contributed by atoms with E-state index in [-0.39, 0.29) is 12.0 Å². The molecule has 0 spiro atoms. The highest BCUT2D eigenvalue weighted by Crippen LogP contribution is 2.38. The Morgan fingerprint density at radius 3 is 2.55 bits per heavy atom. The van der Waals surface area contributed by atoms with Crippen LogP contribution in [0.3, 0.4) is 0 Å². The van der Waals surface area contributed by atoms with E-state index in [0.717, 1.165) is 18.4 Å². The molecule has 5 rings (SSSR count). The average molecular weight is 436 g/mol. The largest absolute Gasteiger partial charge is 0.478 e. The summed E-state index contributed by atoms with van der Waals surface area (Å²) in [7, 11) is 0. The van der Waals surface area contributed by atoms with Crippen molar-refractivity contribution in [1.82, 2.24) is 5.32 Å². The normalized spacial score (nSPS) is 18.6. The number of aryl methyl sites for hydroxylation is 1. The summed E-state index contributed by atoms with van der Waals surface area (Å²) in [5.41, 5.74) is 6.44. The van der Waals surface area contributed by atoms with Gasteiger partial charge in [-0.2, -0.15) is 0 Å². The molecule has 0 bridgehead atoms. The van der Waals surface area contributed by atoms with E-state index >= 15 is 0 Å². The lowest BCUT2D eigenvalue weighted by Gasteiger charge is -2.34. The van der Waals surface area contributed by atoms with Crippen LogP contribution in [0.4, 0.5) is 0 Å². The summed E-state index contributed by atoms with van der Waals surface area (Å²) >= 11 is 0. The minimum absolute atomic E-state index is 0.225. The summed E-state index contributed by atoms with van der Waals surface area (Å²) < 4.78 is 0. The van der Waals surface area contributed by atoms with Gasteiger partial charge in [0.15, 0.2) is 0 Å². The summed E-state index contributed by atoms with van der Waals surface area (Å²) in [5.74, 6) is -0.625. The summed E-state index contributed by atoms with van der Waals surface area (Å²) in [6, 6.07) is 30.1. The van der Waals surface area contributed by atoms with Crippen LogP contribution in [-0.4, -0.2) is 17.1 Å². The Morgan fingerprint density at radius 1 is 0.970 bits per heavy atom. The number of fused-ring (bicyclic) bond motifs is 2. The fourth-order valence-corrected chi connectivity index (χ4v) is 5.48. The molecule has 0 radical (unpaired) electrons. The first kappa shape index (κ1) is 21.4. The fourth-order valence-electron chi connectivity index (χ4n) is 5.48. The molecule has 0 aromatic heterocycles. The monoisotopic (exact) mass is 435 g/mol. The number of hydrogen-bond donors (Lipinski definition) is 2. The summed E-state index contributed by atoms with van der Waals surface area (Å²) in [4.78, 5) is 11.5. The van der Waals surface area contributed by atoms with Gasteiger partial charge in [0, 0.05) is 18.0 Å². The third kappa shape index (κ3) is 4.17. The molecule has 4 aromatic rings. The van der Waals surface area contributed by atoms with E-state index in [1.165, 1.54) is 33.0 Å². The van der Waals surface area contributed by atoms with Gasteiger partial charge < -0.3 is 10.4 Å². The third-order valence-electron chi connectivity index (χ3n) is 7.08. The Bertz CT molecular complexity index is 1320. The predicted molar refractivity (Wildman–Crippen MR) is 134 cm³/mol. The zero-order chi connectivity index (χ0) is 22.9. The quantitative estimate of drug-likeness (QED) is 0.369. The van der Waals surface area contributed by atoms with Crippen molar-refractivity contribution in [3.63, 3.8) is 0 Å². The zero-order valence-corrected chi connectivity index (χ0v) is 19.1. The lowest BCUT2D eigenvalue weighted by Crippen LogP contribution is -2.38. The molecule has 0 aliphatic heterocycles. The van der Waals surface area contributed by atoms with Gasteiger partial charge >= 0.3 is 5.97 Å². The van der Waals surface area contributed by atoms with Gasteiger partial charge in [0.25, 0.3) is 0 Å². The van der Waals surface area contributed by atoms with E-state index in [1.54, 1.807) is 6.07 Å². The van der Waals surface area contributed by atoms with Crippen LogP contribution in [0.25, 0.3) is 10.8 Å². The first-order valence-electron chi connectivity index (χ1n) is 11.7. The van der Waals surface area contributed by atoms with E-state index in [0.29, 0.717) is 11.6 Å². The van der Waals surface area contributed by atoms with E-state index in [2.05, 4.69) is 85.0 Å². The van der Waals surface area contributed by atoms with Gasteiger partial charge in [-0.1, -0.05) is 78.9 Å². The van der Waals surface area contributed by atoms with Crippen LogP contribution < -0.4 is 5.32 Å². The maximum Gasteiger partial charge on any atom is 0.335 e. The molecule has 2 N–H and O–H groups in total. The first-order chi connectivity index (χ1) is 16.0. The van der Waals surface area contributed by atoms with Crippen LogP contribution in [0.15, 0.2) is 84.9 Å². The van der Waals surface area contributed by atoms with Crippen molar-refractivity contribution in [1.29, 1.82) is 0 Å². The van der Waals surface area contributed by atoms with Crippen molar-refractivity contribution in [3.8, 4) is 0 Å². The fraction of sp³-hybridized carbons (Fsp3) is 0.233. The number of benzene rings is 4. The Kier molecular flexibility index (Phi) is 5.74. The number of rotatable bonds is 5. The number of hydrogen-bond acceptors (Lipinski definition) is 2. The molecule has 166 valence electrons. The third-order valence-corrected chi connectivity index (χ3v) is 7.08. The minimum atomic E-state index is -0.869. The minimum Gasteiger partial charge on any atom is -0.478 e. The average Bonchev–Trinajstić information content (AvgIpc) is 2.82. The Balaban J connectivity index is 1.45. The predicted octanol–water partition coefficient (Wildman–Crippen LogP) is 6.64. The highest BCUT2D eigenvalue weighted by Gasteiger charge is 2.29. The van der Waals surface area contributed by atoms with Gasteiger partial charge in [-0.05, 0) is 71.3 Å². The van der Waals surface area contributed by atoms with Crippen molar-refractivity contribution in [2.45, 2.75) is 44.7 Å². The maximum atomic E-state index is 11.5. The molecule has 1 aliphatic carbocycles. The summed E-state index contributed by atoms with van der Waals surface area (Å²) in [6.45, 7) is 4.14. The second kappa shape index (κ2) is 8.84. The molecule has 0 saturated carbocycles. The molecule has 4 aromatic carbocycles. The van der Waals surface area contributed by atoms with Gasteiger partial charge in [0.1, 0.15) is 0 Å². The van der Waals surface area contributed by atoms with Crippen molar-refractivity contribution in [3.05, 3.63) is 118 Å². The van der Waals surface area contributed by atoms with Crippen LogP contribution in [0, 0.1) is 6.92 Å². The van der Waals surface area contributed by atoms with E-state index in [4.69, 9.17) is 0 Å². The summed E-state index contributed by atoms with van der Waals surface area (Å²) in [5, 5.41) is 15.9. The van der Waals surface area contributed by atoms with Crippen molar-refractivity contribution in [2.75, 3.05) is 0 Å². The molecule has 0 saturated heterocycles. The van der Waals surface area contributed by atoms with Gasteiger partial charge in [-0.3, -0.25) is 0 Å². The van der Waals surface area contributed by atoms with Crippen LogP contribution in [0.2, 0.25) is 0 Å². The van der Waals surface area contributed by atoms with E-state index in [1.807, 2.05) is 13.0 Å². The highest BCUT2D eigenvalue weighted by molar-refractivity contribution is 5.89. The number of carbonyl (C=O) groups is 1. The topological polar surface area (TPSA) is 49.3 Å². The Labute approximate surface area is 195 Å². The molecular formula is C30H29NO2. The van der Waals surface area contributed by atoms with Crippen LogP contribution >= 0.6 is 0 Å². The second-order valence-electron chi connectivity index (χ2n) is 9.22. The van der Waals surface area contributed by atoms with Crippen LogP contribution in [0.5, 0.6) is 0 Å². The van der Waals surface area contributed by atoms with Crippen molar-refractivity contribution in [2.24, 2.45) is 0 Å². The van der Waals surface area contributed by atoms with Gasteiger partial charge in [-0.15, -0.1) is 0 Å². The lowest BCUT2D eigenvalue weighted by atomic mass is 9.76. The second-order valence-corrected chi connectivity index (χ2v) is 9.22. The van der Waals surface area contributed by atoms with Crippen LogP contribution in [0.1, 0.15) is 63.5 Å². The lowest BCUT2D eigenvalue weighted by molar-refractivity contribution is 0.0696. The number of nitrogens with one attached hydrogen (secondary N) is 1. The number of carboxylic acid groups (broad SMARTS) is 1. The molecule has 1 aliphatic rings. The molecule has 3 heteroatoms.